The van der Waals surface area contributed by atoms with Crippen molar-refractivity contribution in [3.05, 3.63) is 30.1 Å². The maximum atomic E-state index is 5.75. The van der Waals surface area contributed by atoms with Crippen molar-refractivity contribution in [2.45, 2.75) is 19.9 Å². The molecule has 0 unspecified atom stereocenters. The third kappa shape index (κ3) is 3.97. The number of nitrogen functional groups attached to an aromatic ring is 1. The largest absolute Gasteiger partial charge is 0.494 e. The average Bonchev–Trinajstić information content (AvgIpc) is 2.49. The molecule has 1 heterocycles. The number of nitrogens with zero attached hydrogens (tertiary/aromatic N) is 4. The lowest BCUT2D eigenvalue weighted by molar-refractivity contribution is 0.340. The van der Waals surface area contributed by atoms with Crippen LogP contribution in [-0.2, 0) is 0 Å². The van der Waals surface area contributed by atoms with Crippen LogP contribution in [0.4, 0.5) is 17.6 Å². The summed E-state index contributed by atoms with van der Waals surface area (Å²) in [6.07, 6.45) is 0. The van der Waals surface area contributed by atoms with Crippen molar-refractivity contribution in [2.75, 3.05) is 36.7 Å². The van der Waals surface area contributed by atoms with Gasteiger partial charge in [0, 0.05) is 19.8 Å². The fourth-order valence-corrected chi connectivity index (χ4v) is 1.92. The molecule has 0 saturated carbocycles. The second-order valence-electron chi connectivity index (χ2n) is 5.07. The smallest absolute Gasteiger partial charge is 0.229 e. The maximum Gasteiger partial charge on any atom is 0.229 e. The fourth-order valence-electron chi connectivity index (χ4n) is 1.92. The van der Waals surface area contributed by atoms with Crippen molar-refractivity contribution in [2.24, 2.45) is 0 Å². The molecule has 1 aromatic carbocycles. The number of hydrogen-bond acceptors (Lipinski definition) is 7. The summed E-state index contributed by atoms with van der Waals surface area (Å²) in [4.78, 5) is 14.5. The molecule has 2 aromatic rings. The molecule has 2 rings (SSSR count). The summed E-state index contributed by atoms with van der Waals surface area (Å²) >= 11 is 0. The van der Waals surface area contributed by atoms with Crippen LogP contribution in [0.15, 0.2) is 24.3 Å². The molecule has 1 aromatic heterocycles. The van der Waals surface area contributed by atoms with Gasteiger partial charge < -0.3 is 20.7 Å². The molecular formula is C15H22N6O. The third-order valence-electron chi connectivity index (χ3n) is 2.99. The zero-order valence-corrected chi connectivity index (χ0v) is 13.4. The minimum Gasteiger partial charge on any atom is -0.494 e. The van der Waals surface area contributed by atoms with E-state index in [4.69, 9.17) is 10.5 Å². The summed E-state index contributed by atoms with van der Waals surface area (Å²) in [7, 11) is 3.73. The van der Waals surface area contributed by atoms with Crippen molar-refractivity contribution in [1.29, 1.82) is 0 Å². The zero-order chi connectivity index (χ0) is 16.1. The fraction of sp³-hybridized carbons (Fsp3) is 0.400. The topological polar surface area (TPSA) is 89.2 Å². The second kappa shape index (κ2) is 6.93. The lowest BCUT2D eigenvalue weighted by Crippen LogP contribution is -2.19. The Balaban J connectivity index is 2.13. The van der Waals surface area contributed by atoms with Crippen LogP contribution >= 0.6 is 0 Å². The Morgan fingerprint density at radius 1 is 1.18 bits per heavy atom. The van der Waals surface area contributed by atoms with Gasteiger partial charge in [0.1, 0.15) is 5.75 Å². The quantitative estimate of drug-likeness (QED) is 0.844. The van der Waals surface area contributed by atoms with Gasteiger partial charge in [-0.25, -0.2) is 0 Å². The van der Waals surface area contributed by atoms with Crippen LogP contribution in [0.3, 0.4) is 0 Å². The highest BCUT2D eigenvalue weighted by Gasteiger charge is 2.13. The number of aromatic nitrogens is 3. The Bertz CT molecular complexity index is 614. The van der Waals surface area contributed by atoms with E-state index in [2.05, 4.69) is 20.3 Å². The van der Waals surface area contributed by atoms with Gasteiger partial charge >= 0.3 is 0 Å². The minimum atomic E-state index is -0.0954. The first-order valence-corrected chi connectivity index (χ1v) is 7.17. The lowest BCUT2D eigenvalue weighted by atomic mass is 10.2. The molecule has 7 nitrogen and oxygen atoms in total. The summed E-state index contributed by atoms with van der Waals surface area (Å²) in [5.41, 5.74) is 6.71. The van der Waals surface area contributed by atoms with E-state index in [-0.39, 0.29) is 12.0 Å². The number of nitrogens with two attached hydrogens (primary N) is 1. The summed E-state index contributed by atoms with van der Waals surface area (Å²) in [6.45, 7) is 4.59. The summed E-state index contributed by atoms with van der Waals surface area (Å²) < 4.78 is 5.43. The van der Waals surface area contributed by atoms with Gasteiger partial charge in [-0.15, -0.1) is 0 Å². The average molecular weight is 302 g/mol. The van der Waals surface area contributed by atoms with E-state index in [9.17, 15) is 0 Å². The molecule has 0 amide bonds. The van der Waals surface area contributed by atoms with Crippen molar-refractivity contribution < 1.29 is 4.74 Å². The van der Waals surface area contributed by atoms with E-state index in [1.165, 1.54) is 0 Å². The first-order valence-electron chi connectivity index (χ1n) is 7.17. The molecular weight excluding hydrogens is 280 g/mol. The van der Waals surface area contributed by atoms with Gasteiger partial charge in [0.2, 0.25) is 11.9 Å². The first kappa shape index (κ1) is 15.8. The molecule has 0 radical (unpaired) electrons. The van der Waals surface area contributed by atoms with Crippen LogP contribution < -0.4 is 20.7 Å². The van der Waals surface area contributed by atoms with Crippen molar-refractivity contribution in [3.63, 3.8) is 0 Å². The van der Waals surface area contributed by atoms with E-state index in [0.717, 1.165) is 11.4 Å². The predicted octanol–water partition coefficient (Wildman–Crippen LogP) is 2.09. The molecule has 0 aliphatic heterocycles. The van der Waals surface area contributed by atoms with Gasteiger partial charge in [-0.3, -0.25) is 0 Å². The van der Waals surface area contributed by atoms with Crippen molar-refractivity contribution >= 4 is 17.6 Å². The molecule has 0 spiro atoms. The molecule has 22 heavy (non-hydrogen) atoms. The molecule has 3 N–H and O–H groups in total. The molecule has 0 saturated heterocycles. The van der Waals surface area contributed by atoms with Crippen LogP contribution in [0.25, 0.3) is 0 Å². The monoisotopic (exact) mass is 302 g/mol. The minimum absolute atomic E-state index is 0.0954. The summed E-state index contributed by atoms with van der Waals surface area (Å²) in [5, 5.41) is 3.34. The Labute approximate surface area is 130 Å². The van der Waals surface area contributed by atoms with Gasteiger partial charge in [0.05, 0.1) is 12.6 Å². The Morgan fingerprint density at radius 3 is 2.45 bits per heavy atom. The molecule has 7 heteroatoms. The highest BCUT2D eigenvalue weighted by Crippen LogP contribution is 2.21. The first-order chi connectivity index (χ1) is 10.5. The Kier molecular flexibility index (Phi) is 4.98. The third-order valence-corrected chi connectivity index (χ3v) is 2.99. The van der Waals surface area contributed by atoms with Gasteiger partial charge in [-0.2, -0.15) is 15.0 Å². The SMILES string of the molecule is CCOc1ccc(N[C@H](C)c2nc(N)nc(N(C)C)n2)cc1. The van der Waals surface area contributed by atoms with Crippen LogP contribution in [0.5, 0.6) is 5.75 Å². The van der Waals surface area contributed by atoms with Gasteiger partial charge in [0.25, 0.3) is 0 Å². The van der Waals surface area contributed by atoms with E-state index in [1.54, 1.807) is 4.90 Å². The zero-order valence-electron chi connectivity index (χ0n) is 13.4. The molecule has 0 fully saturated rings. The molecule has 118 valence electrons. The molecule has 0 aliphatic rings. The Morgan fingerprint density at radius 2 is 1.86 bits per heavy atom. The highest BCUT2D eigenvalue weighted by atomic mass is 16.5. The van der Waals surface area contributed by atoms with Gasteiger partial charge in [-0.1, -0.05) is 0 Å². The van der Waals surface area contributed by atoms with Gasteiger partial charge in [-0.05, 0) is 38.1 Å². The summed E-state index contributed by atoms with van der Waals surface area (Å²) in [6, 6.07) is 7.66. The highest BCUT2D eigenvalue weighted by molar-refractivity contribution is 5.47. The van der Waals surface area contributed by atoms with Crippen molar-refractivity contribution in [1.82, 2.24) is 15.0 Å². The second-order valence-corrected chi connectivity index (χ2v) is 5.07. The predicted molar refractivity (Wildman–Crippen MR) is 88.2 cm³/mol. The lowest BCUT2D eigenvalue weighted by Gasteiger charge is -2.17. The van der Waals surface area contributed by atoms with Crippen LogP contribution in [0.1, 0.15) is 25.7 Å². The normalized spacial score (nSPS) is 11.8. The van der Waals surface area contributed by atoms with E-state index in [1.807, 2.05) is 52.2 Å². The number of ether oxygens (including phenoxy) is 1. The number of benzene rings is 1. The molecule has 0 aliphatic carbocycles. The van der Waals surface area contributed by atoms with Crippen molar-refractivity contribution in [3.8, 4) is 5.75 Å². The van der Waals surface area contributed by atoms with E-state index >= 15 is 0 Å². The van der Waals surface area contributed by atoms with Crippen LogP contribution in [0, 0.1) is 0 Å². The van der Waals surface area contributed by atoms with Crippen LogP contribution in [0.2, 0.25) is 0 Å². The standard InChI is InChI=1S/C15H22N6O/c1-5-22-12-8-6-11(7-9-12)17-10(2)13-18-14(16)20-15(19-13)21(3)4/h6-10,17H,5H2,1-4H3,(H2,16,18,19,20)/t10-/m1/s1. The maximum absolute atomic E-state index is 5.75. The van der Waals surface area contributed by atoms with E-state index in [0.29, 0.717) is 18.4 Å². The number of hydrogen-bond donors (Lipinski definition) is 2. The van der Waals surface area contributed by atoms with Crippen LogP contribution in [-0.4, -0.2) is 35.7 Å². The summed E-state index contributed by atoms with van der Waals surface area (Å²) in [5.74, 6) is 2.21. The number of nitrogens with one attached hydrogen (secondary N) is 1. The molecule has 0 bridgehead atoms. The number of anilines is 3. The van der Waals surface area contributed by atoms with Gasteiger partial charge in [0.15, 0.2) is 5.82 Å². The Hall–Kier alpha value is -2.57. The number of rotatable bonds is 6. The van der Waals surface area contributed by atoms with E-state index < -0.39 is 0 Å². The molecule has 1 atom stereocenters.